The van der Waals surface area contributed by atoms with Gasteiger partial charge >= 0.3 is 0 Å². The Labute approximate surface area is 272 Å². The van der Waals surface area contributed by atoms with Gasteiger partial charge in [-0.05, 0) is 65.8 Å². The normalized spacial score (nSPS) is 22.3. The quantitative estimate of drug-likeness (QED) is 0.189. The van der Waals surface area contributed by atoms with Crippen LogP contribution in [-0.2, 0) is 15.0 Å². The van der Waals surface area contributed by atoms with Gasteiger partial charge in [0.1, 0.15) is 17.0 Å². The van der Waals surface area contributed by atoms with Crippen LogP contribution in [0.25, 0.3) is 0 Å². The zero-order chi connectivity index (χ0) is 32.7. The third kappa shape index (κ3) is 6.13. The molecule has 2 aliphatic rings. The molecule has 1 fully saturated rings. The lowest BCUT2D eigenvalue weighted by molar-refractivity contribution is -0.122. The van der Waals surface area contributed by atoms with Gasteiger partial charge in [0.2, 0.25) is 17.7 Å². The number of rotatable bonds is 9. The standard InChI is InChI=1S/C34H37Cl2FN4O4/c1-5-6-14-45-25-15-18(30(38)42)10-13-23(25)39-31(43)29-27(20-8-7-9-22(36)28(20)37)34(26(41-29)17-33(2,3)4)21-12-11-19(35)16-24(21)40-32(34)44/h7-13,15-16,26-27,29,41H,5-6,14,17H2,1-4H3,(H2,38,42)(H,39,43)(H,40,44)/t26-,27-,29+,34+/m0/s1. The van der Waals surface area contributed by atoms with E-state index in [1.807, 2.05) is 27.7 Å². The molecule has 1 spiro atoms. The maximum absolute atomic E-state index is 16.0. The van der Waals surface area contributed by atoms with Crippen LogP contribution in [0.2, 0.25) is 10.0 Å². The molecule has 2 heterocycles. The number of halogens is 3. The van der Waals surface area contributed by atoms with Gasteiger partial charge in [0.15, 0.2) is 0 Å². The second-order valence-corrected chi connectivity index (χ2v) is 13.7. The van der Waals surface area contributed by atoms with Crippen LogP contribution in [0.15, 0.2) is 54.6 Å². The van der Waals surface area contributed by atoms with E-state index < -0.39 is 41.0 Å². The molecule has 5 N–H and O–H groups in total. The lowest BCUT2D eigenvalue weighted by Gasteiger charge is -2.37. The predicted octanol–water partition coefficient (Wildman–Crippen LogP) is 6.80. The van der Waals surface area contributed by atoms with Crippen LogP contribution < -0.4 is 26.4 Å². The minimum atomic E-state index is -1.39. The number of hydrogen-bond donors (Lipinski definition) is 4. The first kappa shape index (κ1) is 32.7. The minimum Gasteiger partial charge on any atom is -0.491 e. The highest BCUT2D eigenvalue weighted by atomic mass is 35.5. The summed E-state index contributed by atoms with van der Waals surface area (Å²) >= 11 is 12.6. The highest BCUT2D eigenvalue weighted by molar-refractivity contribution is 6.31. The van der Waals surface area contributed by atoms with Crippen molar-refractivity contribution in [3.05, 3.63) is 87.2 Å². The van der Waals surface area contributed by atoms with Crippen LogP contribution in [0.1, 0.15) is 74.4 Å². The summed E-state index contributed by atoms with van der Waals surface area (Å²) in [7, 11) is 0. The van der Waals surface area contributed by atoms with E-state index in [4.69, 9.17) is 33.7 Å². The first-order valence-corrected chi connectivity index (χ1v) is 15.7. The molecule has 0 radical (unpaired) electrons. The van der Waals surface area contributed by atoms with Gasteiger partial charge in [-0.15, -0.1) is 0 Å². The van der Waals surface area contributed by atoms with Crippen molar-refractivity contribution in [1.29, 1.82) is 0 Å². The summed E-state index contributed by atoms with van der Waals surface area (Å²) in [6.07, 6.45) is 2.11. The van der Waals surface area contributed by atoms with Crippen molar-refractivity contribution in [1.82, 2.24) is 5.32 Å². The van der Waals surface area contributed by atoms with E-state index in [1.54, 1.807) is 36.4 Å². The number of carbonyl (C=O) groups excluding carboxylic acids is 3. The topological polar surface area (TPSA) is 123 Å². The zero-order valence-corrected chi connectivity index (χ0v) is 27.1. The molecule has 0 unspecified atom stereocenters. The van der Waals surface area contributed by atoms with Crippen LogP contribution in [0.5, 0.6) is 5.75 Å². The monoisotopic (exact) mass is 654 g/mol. The van der Waals surface area contributed by atoms with Gasteiger partial charge in [-0.2, -0.15) is 0 Å². The van der Waals surface area contributed by atoms with Crippen molar-refractivity contribution in [3.8, 4) is 5.75 Å². The summed E-state index contributed by atoms with van der Waals surface area (Å²) in [6, 6.07) is 12.6. The van der Waals surface area contributed by atoms with Gasteiger partial charge in [0.25, 0.3) is 0 Å². The maximum atomic E-state index is 16.0. The molecule has 0 aliphatic carbocycles. The number of primary amides is 1. The molecule has 3 aromatic carbocycles. The molecule has 3 aromatic rings. The van der Waals surface area contributed by atoms with Gasteiger partial charge in [-0.3, -0.25) is 14.4 Å². The molecule has 45 heavy (non-hydrogen) atoms. The fraction of sp³-hybridized carbons (Fsp3) is 0.382. The second kappa shape index (κ2) is 12.6. The molecule has 3 amide bonds. The zero-order valence-electron chi connectivity index (χ0n) is 25.6. The van der Waals surface area contributed by atoms with E-state index in [0.29, 0.717) is 35.0 Å². The summed E-state index contributed by atoms with van der Waals surface area (Å²) in [5.74, 6) is -2.96. The Morgan fingerprint density at radius 2 is 1.87 bits per heavy atom. The van der Waals surface area contributed by atoms with Crippen LogP contribution in [0, 0.1) is 11.2 Å². The summed E-state index contributed by atoms with van der Waals surface area (Å²) in [4.78, 5) is 40.6. The first-order valence-electron chi connectivity index (χ1n) is 15.0. The highest BCUT2D eigenvalue weighted by Gasteiger charge is 2.66. The molecule has 11 heteroatoms. The molecule has 0 saturated carbocycles. The highest BCUT2D eigenvalue weighted by Crippen LogP contribution is 2.57. The van der Waals surface area contributed by atoms with Crippen molar-refractivity contribution in [2.45, 2.75) is 70.4 Å². The third-order valence-electron chi connectivity index (χ3n) is 8.50. The van der Waals surface area contributed by atoms with Crippen molar-refractivity contribution in [3.63, 3.8) is 0 Å². The number of amides is 3. The third-order valence-corrected chi connectivity index (χ3v) is 9.03. The Kier molecular flexibility index (Phi) is 9.18. The molecular formula is C34H37Cl2FN4O4. The molecule has 8 nitrogen and oxygen atoms in total. The number of nitrogens with one attached hydrogen (secondary N) is 3. The molecule has 2 aliphatic heterocycles. The number of carbonyl (C=O) groups is 3. The average molecular weight is 656 g/mol. The van der Waals surface area contributed by atoms with Gasteiger partial charge in [-0.1, -0.05) is 75.5 Å². The van der Waals surface area contributed by atoms with E-state index in [2.05, 4.69) is 16.0 Å². The Bertz CT molecular complexity index is 1660. The lowest BCUT2D eigenvalue weighted by atomic mass is 9.62. The average Bonchev–Trinajstić information content (AvgIpc) is 3.44. The van der Waals surface area contributed by atoms with Gasteiger partial charge < -0.3 is 26.4 Å². The number of hydrogen-bond acceptors (Lipinski definition) is 5. The van der Waals surface area contributed by atoms with Crippen LogP contribution in [-0.4, -0.2) is 36.4 Å². The number of nitrogens with two attached hydrogens (primary N) is 1. The van der Waals surface area contributed by atoms with E-state index in [1.165, 1.54) is 18.2 Å². The molecule has 1 saturated heterocycles. The number of benzene rings is 3. The molecule has 0 aromatic heterocycles. The van der Waals surface area contributed by atoms with Crippen LogP contribution in [0.3, 0.4) is 0 Å². The summed E-state index contributed by atoms with van der Waals surface area (Å²) < 4.78 is 22.0. The van der Waals surface area contributed by atoms with Gasteiger partial charge in [0, 0.05) is 28.2 Å². The first-order chi connectivity index (χ1) is 21.3. The second-order valence-electron chi connectivity index (χ2n) is 12.9. The van der Waals surface area contributed by atoms with E-state index in [-0.39, 0.29) is 33.2 Å². The van der Waals surface area contributed by atoms with E-state index in [0.717, 1.165) is 12.8 Å². The van der Waals surface area contributed by atoms with Crippen LogP contribution >= 0.6 is 23.2 Å². The lowest BCUT2D eigenvalue weighted by Crippen LogP contribution is -2.49. The number of anilines is 2. The maximum Gasteiger partial charge on any atom is 0.248 e. The smallest absolute Gasteiger partial charge is 0.248 e. The largest absolute Gasteiger partial charge is 0.491 e. The van der Waals surface area contributed by atoms with Crippen molar-refractivity contribution in [2.75, 3.05) is 17.2 Å². The number of ether oxygens (including phenoxy) is 1. The fourth-order valence-electron chi connectivity index (χ4n) is 6.59. The van der Waals surface area contributed by atoms with Gasteiger partial charge in [-0.25, -0.2) is 4.39 Å². The molecule has 4 atom stereocenters. The minimum absolute atomic E-state index is 0.121. The van der Waals surface area contributed by atoms with Gasteiger partial charge in [0.05, 0.1) is 23.4 Å². The summed E-state index contributed by atoms with van der Waals surface area (Å²) in [5.41, 5.74) is 5.62. The van der Waals surface area contributed by atoms with Crippen molar-refractivity contribution < 1.29 is 23.5 Å². The van der Waals surface area contributed by atoms with Crippen LogP contribution in [0.4, 0.5) is 15.8 Å². The Morgan fingerprint density at radius 1 is 1.11 bits per heavy atom. The van der Waals surface area contributed by atoms with Crippen molar-refractivity contribution >= 4 is 52.3 Å². The summed E-state index contributed by atoms with van der Waals surface area (Å²) in [5, 5.41) is 9.66. The number of unbranched alkanes of at least 4 members (excludes halogenated alkanes) is 1. The van der Waals surface area contributed by atoms with E-state index >= 15 is 4.39 Å². The van der Waals surface area contributed by atoms with Crippen molar-refractivity contribution in [2.24, 2.45) is 11.1 Å². The molecular weight excluding hydrogens is 618 g/mol. The SMILES string of the molecule is CCCCOc1cc(C(N)=O)ccc1NC(=O)[C@@H]1N[C@@H](CC(C)(C)C)[C@@]2(C(=O)Nc3cc(Cl)ccc32)[C@H]1c1cccc(Cl)c1F. The molecule has 238 valence electrons. The summed E-state index contributed by atoms with van der Waals surface area (Å²) in [6.45, 7) is 8.50. The molecule has 5 rings (SSSR count). The predicted molar refractivity (Wildman–Crippen MR) is 175 cm³/mol. The number of fused-ring (bicyclic) bond motifs is 2. The molecule has 0 bridgehead atoms. The Morgan fingerprint density at radius 3 is 2.56 bits per heavy atom. The Balaban J connectivity index is 1.67. The fourth-order valence-corrected chi connectivity index (χ4v) is 6.94. The Hall–Kier alpha value is -3.66. The van der Waals surface area contributed by atoms with E-state index in [9.17, 15) is 14.4 Å².